The molecule has 17 heavy (non-hydrogen) atoms. The van der Waals surface area contributed by atoms with E-state index in [9.17, 15) is 0 Å². The molecule has 0 saturated carbocycles. The van der Waals surface area contributed by atoms with Crippen molar-refractivity contribution >= 4 is 0 Å². The Morgan fingerprint density at radius 3 is 2.35 bits per heavy atom. The van der Waals surface area contributed by atoms with Crippen LogP contribution in [0.5, 0.6) is 0 Å². The van der Waals surface area contributed by atoms with Crippen LogP contribution in [-0.4, -0.2) is 36.1 Å². The molecule has 0 aliphatic rings. The Balaban J connectivity index is 3.83. The van der Waals surface area contributed by atoms with E-state index in [1.54, 1.807) is 0 Å². The zero-order valence-corrected chi connectivity index (χ0v) is 12.8. The average Bonchev–Trinajstić information content (AvgIpc) is 2.19. The SMILES string of the molecule is C=C(C)CN(CC)C(C)CCCNC(C)(C)C. The van der Waals surface area contributed by atoms with E-state index < -0.39 is 0 Å². The first-order valence-corrected chi connectivity index (χ1v) is 6.89. The summed E-state index contributed by atoms with van der Waals surface area (Å²) in [4.78, 5) is 2.50. The summed E-state index contributed by atoms with van der Waals surface area (Å²) in [5, 5.41) is 3.54. The molecule has 2 heteroatoms. The van der Waals surface area contributed by atoms with Crippen molar-refractivity contribution in [2.45, 2.75) is 66.0 Å². The molecule has 0 radical (unpaired) electrons. The fourth-order valence-corrected chi connectivity index (χ4v) is 1.97. The minimum absolute atomic E-state index is 0.241. The number of nitrogens with zero attached hydrogens (tertiary/aromatic N) is 1. The topological polar surface area (TPSA) is 15.3 Å². The Kier molecular flexibility index (Phi) is 7.73. The van der Waals surface area contributed by atoms with Gasteiger partial charge in [-0.1, -0.05) is 19.1 Å². The second kappa shape index (κ2) is 7.88. The molecule has 0 amide bonds. The smallest absolute Gasteiger partial charge is 0.0190 e. The number of nitrogens with one attached hydrogen (secondary N) is 1. The van der Waals surface area contributed by atoms with Crippen LogP contribution in [0.25, 0.3) is 0 Å². The molecule has 0 rings (SSSR count). The van der Waals surface area contributed by atoms with Crippen LogP contribution in [0.1, 0.15) is 54.4 Å². The van der Waals surface area contributed by atoms with Crippen LogP contribution in [0.4, 0.5) is 0 Å². The normalized spacial score (nSPS) is 14.1. The van der Waals surface area contributed by atoms with Crippen molar-refractivity contribution in [3.05, 3.63) is 12.2 Å². The summed E-state index contributed by atoms with van der Waals surface area (Å²) < 4.78 is 0. The lowest BCUT2D eigenvalue weighted by Gasteiger charge is -2.28. The molecule has 0 aliphatic heterocycles. The maximum Gasteiger partial charge on any atom is 0.0190 e. The van der Waals surface area contributed by atoms with E-state index in [0.29, 0.717) is 6.04 Å². The quantitative estimate of drug-likeness (QED) is 0.516. The summed E-state index contributed by atoms with van der Waals surface area (Å²) >= 11 is 0. The second-order valence-electron chi connectivity index (χ2n) is 6.19. The number of hydrogen-bond donors (Lipinski definition) is 1. The molecule has 0 aromatic rings. The monoisotopic (exact) mass is 240 g/mol. The van der Waals surface area contributed by atoms with Crippen molar-refractivity contribution in [2.24, 2.45) is 0 Å². The predicted octanol–water partition coefficient (Wildman–Crippen LogP) is 3.44. The second-order valence-corrected chi connectivity index (χ2v) is 6.19. The lowest BCUT2D eigenvalue weighted by atomic mass is 10.1. The fraction of sp³-hybridized carbons (Fsp3) is 0.867. The molecule has 0 bridgehead atoms. The fourth-order valence-electron chi connectivity index (χ4n) is 1.97. The number of rotatable bonds is 8. The molecule has 0 aromatic heterocycles. The van der Waals surface area contributed by atoms with Crippen molar-refractivity contribution < 1.29 is 0 Å². The van der Waals surface area contributed by atoms with E-state index in [1.165, 1.54) is 18.4 Å². The molecule has 0 saturated heterocycles. The van der Waals surface area contributed by atoms with Gasteiger partial charge in [-0.3, -0.25) is 4.90 Å². The van der Waals surface area contributed by atoms with Crippen LogP contribution >= 0.6 is 0 Å². The molecular formula is C15H32N2. The van der Waals surface area contributed by atoms with Crippen molar-refractivity contribution in [1.29, 1.82) is 0 Å². The highest BCUT2D eigenvalue weighted by Gasteiger charge is 2.12. The Hall–Kier alpha value is -0.340. The van der Waals surface area contributed by atoms with Crippen LogP contribution in [0, 0.1) is 0 Å². The zero-order chi connectivity index (χ0) is 13.5. The van der Waals surface area contributed by atoms with Gasteiger partial charge in [0.2, 0.25) is 0 Å². The first kappa shape index (κ1) is 16.7. The molecule has 0 heterocycles. The van der Waals surface area contributed by atoms with Crippen LogP contribution in [-0.2, 0) is 0 Å². The largest absolute Gasteiger partial charge is 0.312 e. The van der Waals surface area contributed by atoms with Gasteiger partial charge < -0.3 is 5.32 Å². The van der Waals surface area contributed by atoms with Crippen molar-refractivity contribution in [2.75, 3.05) is 19.6 Å². The Morgan fingerprint density at radius 2 is 1.94 bits per heavy atom. The predicted molar refractivity (Wildman–Crippen MR) is 78.5 cm³/mol. The van der Waals surface area contributed by atoms with E-state index in [0.717, 1.165) is 19.6 Å². The first-order chi connectivity index (χ1) is 7.76. The third-order valence-corrected chi connectivity index (χ3v) is 2.96. The minimum Gasteiger partial charge on any atom is -0.312 e. The van der Waals surface area contributed by atoms with Gasteiger partial charge in [0.15, 0.2) is 0 Å². The third-order valence-electron chi connectivity index (χ3n) is 2.96. The molecular weight excluding hydrogens is 208 g/mol. The number of hydrogen-bond acceptors (Lipinski definition) is 2. The van der Waals surface area contributed by atoms with Crippen molar-refractivity contribution in [1.82, 2.24) is 10.2 Å². The zero-order valence-electron chi connectivity index (χ0n) is 12.8. The van der Waals surface area contributed by atoms with Gasteiger partial charge in [-0.2, -0.15) is 0 Å². The van der Waals surface area contributed by atoms with Crippen molar-refractivity contribution in [3.8, 4) is 0 Å². The summed E-state index contributed by atoms with van der Waals surface area (Å²) in [7, 11) is 0. The van der Waals surface area contributed by atoms with E-state index in [4.69, 9.17) is 0 Å². The Morgan fingerprint density at radius 1 is 1.35 bits per heavy atom. The third kappa shape index (κ3) is 9.37. The Labute approximate surface area is 108 Å². The molecule has 102 valence electrons. The molecule has 2 nitrogen and oxygen atoms in total. The first-order valence-electron chi connectivity index (χ1n) is 6.89. The minimum atomic E-state index is 0.241. The highest BCUT2D eigenvalue weighted by molar-refractivity contribution is 4.92. The molecule has 1 N–H and O–H groups in total. The van der Waals surface area contributed by atoms with Gasteiger partial charge in [-0.05, 0) is 60.5 Å². The summed E-state index contributed by atoms with van der Waals surface area (Å²) in [6.07, 6.45) is 2.50. The van der Waals surface area contributed by atoms with Gasteiger partial charge in [-0.25, -0.2) is 0 Å². The Bertz CT molecular complexity index is 215. The summed E-state index contributed by atoms with van der Waals surface area (Å²) in [6, 6.07) is 0.651. The van der Waals surface area contributed by atoms with Gasteiger partial charge >= 0.3 is 0 Å². The van der Waals surface area contributed by atoms with Crippen LogP contribution in [0.15, 0.2) is 12.2 Å². The van der Waals surface area contributed by atoms with Gasteiger partial charge in [0.05, 0.1) is 0 Å². The van der Waals surface area contributed by atoms with E-state index in [-0.39, 0.29) is 5.54 Å². The molecule has 1 unspecified atom stereocenters. The van der Waals surface area contributed by atoms with E-state index in [2.05, 4.69) is 58.3 Å². The highest BCUT2D eigenvalue weighted by Crippen LogP contribution is 2.09. The van der Waals surface area contributed by atoms with Gasteiger partial charge in [0.25, 0.3) is 0 Å². The summed E-state index contributed by atoms with van der Waals surface area (Å²) in [5.74, 6) is 0. The maximum absolute atomic E-state index is 4.00. The standard InChI is InChI=1S/C15H32N2/c1-8-17(12-13(2)3)14(4)10-9-11-16-15(5,6)7/h14,16H,2,8-12H2,1,3-7H3. The van der Waals surface area contributed by atoms with Gasteiger partial charge in [0.1, 0.15) is 0 Å². The lowest BCUT2D eigenvalue weighted by molar-refractivity contribution is 0.223. The molecule has 0 fully saturated rings. The van der Waals surface area contributed by atoms with Crippen LogP contribution in [0.3, 0.4) is 0 Å². The molecule has 1 atom stereocenters. The van der Waals surface area contributed by atoms with Gasteiger partial charge in [-0.15, -0.1) is 0 Å². The van der Waals surface area contributed by atoms with Crippen LogP contribution < -0.4 is 5.32 Å². The van der Waals surface area contributed by atoms with Gasteiger partial charge in [0, 0.05) is 18.1 Å². The van der Waals surface area contributed by atoms with E-state index in [1.807, 2.05) is 0 Å². The molecule has 0 aliphatic carbocycles. The van der Waals surface area contributed by atoms with Crippen molar-refractivity contribution in [3.63, 3.8) is 0 Å². The molecule has 0 aromatic carbocycles. The average molecular weight is 240 g/mol. The maximum atomic E-state index is 4.00. The van der Waals surface area contributed by atoms with E-state index >= 15 is 0 Å². The summed E-state index contributed by atoms with van der Waals surface area (Å²) in [5.41, 5.74) is 1.50. The summed E-state index contributed by atoms with van der Waals surface area (Å²) in [6.45, 7) is 20.6. The molecule has 0 spiro atoms. The number of likely N-dealkylation sites (N-methyl/N-ethyl adjacent to an activating group) is 1. The lowest BCUT2D eigenvalue weighted by Crippen LogP contribution is -2.38. The highest BCUT2D eigenvalue weighted by atomic mass is 15.1. The van der Waals surface area contributed by atoms with Crippen LogP contribution in [0.2, 0.25) is 0 Å².